The number of benzene rings is 2. The van der Waals surface area contributed by atoms with Crippen molar-refractivity contribution >= 4 is 16.9 Å². The van der Waals surface area contributed by atoms with Crippen molar-refractivity contribution in [3.8, 4) is 11.1 Å². The summed E-state index contributed by atoms with van der Waals surface area (Å²) in [6.07, 6.45) is 5.23. The van der Waals surface area contributed by atoms with Crippen LogP contribution in [0.3, 0.4) is 0 Å². The predicted molar refractivity (Wildman–Crippen MR) is 151 cm³/mol. The second kappa shape index (κ2) is 12.5. The highest BCUT2D eigenvalue weighted by atomic mass is 19.1. The predicted octanol–water partition coefficient (Wildman–Crippen LogP) is 4.94. The first-order valence-corrected chi connectivity index (χ1v) is 13.7. The fraction of sp³-hybridized carbons (Fsp3) is 0.387. The molecule has 1 saturated heterocycles. The molecule has 7 nitrogen and oxygen atoms in total. The van der Waals surface area contributed by atoms with Crippen LogP contribution in [0.25, 0.3) is 22.2 Å². The molecule has 2 atom stereocenters. The molecule has 0 spiro atoms. The molecule has 1 aliphatic heterocycles. The summed E-state index contributed by atoms with van der Waals surface area (Å²) < 4.78 is 21.0. The van der Waals surface area contributed by atoms with Crippen molar-refractivity contribution < 1.29 is 13.9 Å². The summed E-state index contributed by atoms with van der Waals surface area (Å²) in [5.41, 5.74) is 11.3. The van der Waals surface area contributed by atoms with E-state index in [1.165, 1.54) is 12.3 Å². The van der Waals surface area contributed by atoms with Gasteiger partial charge in [0.1, 0.15) is 5.82 Å². The summed E-state index contributed by atoms with van der Waals surface area (Å²) in [7, 11) is 1.72. The molecule has 5 rings (SSSR count). The van der Waals surface area contributed by atoms with Crippen molar-refractivity contribution in [2.45, 2.75) is 50.6 Å². The number of aromatic nitrogens is 3. The molecule has 1 fully saturated rings. The largest absolute Gasteiger partial charge is 0.385 e. The first-order chi connectivity index (χ1) is 19.0. The van der Waals surface area contributed by atoms with E-state index >= 15 is 0 Å². The Morgan fingerprint density at radius 2 is 1.97 bits per heavy atom. The number of hydrogen-bond acceptors (Lipinski definition) is 5. The van der Waals surface area contributed by atoms with Gasteiger partial charge >= 0.3 is 0 Å². The number of rotatable bonds is 10. The third-order valence-electron chi connectivity index (χ3n) is 7.50. The molecule has 0 saturated carbocycles. The third kappa shape index (κ3) is 6.52. The van der Waals surface area contributed by atoms with Crippen LogP contribution in [-0.2, 0) is 22.5 Å². The lowest BCUT2D eigenvalue weighted by atomic mass is 9.95. The first kappa shape index (κ1) is 27.0. The van der Waals surface area contributed by atoms with Gasteiger partial charge in [0.2, 0.25) is 11.9 Å². The number of carbonyl (C=O) groups is 1. The third-order valence-corrected chi connectivity index (χ3v) is 7.50. The Balaban J connectivity index is 1.21. The van der Waals surface area contributed by atoms with Gasteiger partial charge in [-0.25, -0.2) is 9.97 Å². The molecular formula is C31H36FN5O2. The van der Waals surface area contributed by atoms with Gasteiger partial charge in [0.15, 0.2) is 0 Å². The van der Waals surface area contributed by atoms with Crippen molar-refractivity contribution in [2.75, 3.05) is 26.8 Å². The second-order valence-electron chi connectivity index (χ2n) is 10.4. The normalized spacial score (nSPS) is 16.5. The molecule has 2 aromatic heterocycles. The molecule has 2 N–H and O–H groups in total. The number of hydrogen-bond donors (Lipinski definition) is 1. The van der Waals surface area contributed by atoms with E-state index in [2.05, 4.69) is 21.7 Å². The lowest BCUT2D eigenvalue weighted by Crippen LogP contribution is -2.42. The summed E-state index contributed by atoms with van der Waals surface area (Å²) in [4.78, 5) is 23.8. The van der Waals surface area contributed by atoms with Crippen molar-refractivity contribution in [3.05, 3.63) is 84.2 Å². The van der Waals surface area contributed by atoms with E-state index in [4.69, 9.17) is 15.5 Å². The minimum Gasteiger partial charge on any atom is -0.385 e. The Morgan fingerprint density at radius 1 is 1.15 bits per heavy atom. The van der Waals surface area contributed by atoms with Gasteiger partial charge in [-0.05, 0) is 60.6 Å². The van der Waals surface area contributed by atoms with Crippen LogP contribution >= 0.6 is 0 Å². The van der Waals surface area contributed by atoms with Gasteiger partial charge in [-0.1, -0.05) is 36.4 Å². The molecule has 1 aliphatic rings. The minimum absolute atomic E-state index is 0.0955. The highest BCUT2D eigenvalue weighted by Gasteiger charge is 2.29. The van der Waals surface area contributed by atoms with Crippen LogP contribution in [0, 0.1) is 5.95 Å². The topological polar surface area (TPSA) is 86.3 Å². The number of fused-ring (bicyclic) bond motifs is 1. The minimum atomic E-state index is -0.500. The van der Waals surface area contributed by atoms with Gasteiger partial charge in [-0.2, -0.15) is 4.39 Å². The summed E-state index contributed by atoms with van der Waals surface area (Å²) in [5, 5.41) is 0. The van der Waals surface area contributed by atoms with E-state index < -0.39 is 5.95 Å². The molecule has 3 heterocycles. The smallest absolute Gasteiger partial charge is 0.224 e. The highest BCUT2D eigenvalue weighted by Crippen LogP contribution is 2.30. The molecule has 2 unspecified atom stereocenters. The van der Waals surface area contributed by atoms with Crippen molar-refractivity contribution in [3.63, 3.8) is 0 Å². The molecule has 2 aromatic carbocycles. The van der Waals surface area contributed by atoms with Crippen molar-refractivity contribution in [1.29, 1.82) is 0 Å². The SMILES string of the molecule is COCCCn1c(C2CCCN(C(=O)CC(N)Cc3ccc(-c4ccnc(F)c4)cc3)C2)nc2ccccc21. The van der Waals surface area contributed by atoms with Crippen LogP contribution in [0.15, 0.2) is 66.9 Å². The first-order valence-electron chi connectivity index (χ1n) is 13.7. The van der Waals surface area contributed by atoms with Gasteiger partial charge in [0.25, 0.3) is 0 Å². The van der Waals surface area contributed by atoms with Crippen LogP contribution in [0.4, 0.5) is 4.39 Å². The Hall–Kier alpha value is -3.62. The lowest BCUT2D eigenvalue weighted by Gasteiger charge is -2.33. The van der Waals surface area contributed by atoms with Crippen LogP contribution in [-0.4, -0.2) is 58.2 Å². The Bertz CT molecular complexity index is 1400. The Kier molecular flexibility index (Phi) is 8.64. The molecule has 0 radical (unpaired) electrons. The molecule has 39 heavy (non-hydrogen) atoms. The Labute approximate surface area is 228 Å². The fourth-order valence-electron chi connectivity index (χ4n) is 5.57. The second-order valence-corrected chi connectivity index (χ2v) is 10.4. The van der Waals surface area contributed by atoms with Gasteiger partial charge in [-0.15, -0.1) is 0 Å². The zero-order valence-corrected chi connectivity index (χ0v) is 22.4. The number of aryl methyl sites for hydroxylation is 1. The maximum Gasteiger partial charge on any atom is 0.224 e. The highest BCUT2D eigenvalue weighted by molar-refractivity contribution is 5.78. The zero-order valence-electron chi connectivity index (χ0n) is 22.4. The van der Waals surface area contributed by atoms with Gasteiger partial charge in [0.05, 0.1) is 11.0 Å². The quantitative estimate of drug-likeness (QED) is 0.232. The van der Waals surface area contributed by atoms with Crippen molar-refractivity contribution in [1.82, 2.24) is 19.4 Å². The van der Waals surface area contributed by atoms with E-state index in [9.17, 15) is 9.18 Å². The number of methoxy groups -OCH3 is 1. The fourth-order valence-corrected chi connectivity index (χ4v) is 5.57. The van der Waals surface area contributed by atoms with Crippen LogP contribution < -0.4 is 5.73 Å². The standard InChI is InChI=1S/C31H36FN5O2/c1-39-17-5-16-37-28-8-3-2-7-27(28)35-31(37)25-6-4-15-36(21-25)30(38)20-26(33)18-22-9-11-23(12-10-22)24-13-14-34-29(32)19-24/h2-3,7-14,19,25-26H,4-6,15-18,20-21,33H2,1H3. The number of ether oxygens (including phenoxy) is 1. The molecule has 1 amide bonds. The number of likely N-dealkylation sites (tertiary alicyclic amines) is 1. The number of piperidine rings is 1. The summed E-state index contributed by atoms with van der Waals surface area (Å²) >= 11 is 0. The number of nitrogens with zero attached hydrogens (tertiary/aromatic N) is 4. The zero-order chi connectivity index (χ0) is 27.2. The number of pyridine rings is 1. The lowest BCUT2D eigenvalue weighted by molar-refractivity contribution is -0.132. The number of carbonyl (C=O) groups excluding carboxylic acids is 1. The summed E-state index contributed by atoms with van der Waals surface area (Å²) in [6, 6.07) is 19.0. The monoisotopic (exact) mass is 529 g/mol. The summed E-state index contributed by atoms with van der Waals surface area (Å²) in [6.45, 7) is 2.96. The average molecular weight is 530 g/mol. The molecule has 0 bridgehead atoms. The maximum atomic E-state index is 13.5. The number of nitrogens with two attached hydrogens (primary N) is 1. The van der Waals surface area contributed by atoms with Gasteiger partial charge in [-0.3, -0.25) is 4.79 Å². The molecule has 204 valence electrons. The van der Waals surface area contributed by atoms with Gasteiger partial charge < -0.3 is 19.9 Å². The van der Waals surface area contributed by atoms with Crippen LogP contribution in [0.2, 0.25) is 0 Å². The molecule has 4 aromatic rings. The van der Waals surface area contributed by atoms with Crippen LogP contribution in [0.1, 0.15) is 43.0 Å². The van der Waals surface area contributed by atoms with Crippen molar-refractivity contribution in [2.24, 2.45) is 5.73 Å². The summed E-state index contributed by atoms with van der Waals surface area (Å²) in [5.74, 6) is 0.848. The maximum absolute atomic E-state index is 13.5. The number of para-hydroxylation sites is 2. The van der Waals surface area contributed by atoms with E-state index in [1.54, 1.807) is 13.2 Å². The number of halogens is 1. The van der Waals surface area contributed by atoms with Gasteiger partial charge in [0, 0.05) is 64.0 Å². The molecular weight excluding hydrogens is 493 g/mol. The van der Waals surface area contributed by atoms with E-state index in [-0.39, 0.29) is 17.9 Å². The molecule has 0 aliphatic carbocycles. The van der Waals surface area contributed by atoms with E-state index in [0.29, 0.717) is 26.0 Å². The average Bonchev–Trinajstić information content (AvgIpc) is 3.32. The number of amides is 1. The van der Waals surface area contributed by atoms with Crippen LogP contribution in [0.5, 0.6) is 0 Å². The van der Waals surface area contributed by atoms with E-state index in [1.807, 2.05) is 41.3 Å². The molecule has 8 heteroatoms. The number of imidazole rings is 1. The Morgan fingerprint density at radius 3 is 2.77 bits per heavy atom. The van der Waals surface area contributed by atoms with E-state index in [0.717, 1.165) is 65.9 Å².